The van der Waals surface area contributed by atoms with Crippen LogP contribution in [0.4, 0.5) is 0 Å². The van der Waals surface area contributed by atoms with Crippen LogP contribution >= 0.6 is 0 Å². The number of hydrogen-bond acceptors (Lipinski definition) is 3. The van der Waals surface area contributed by atoms with E-state index in [1.54, 1.807) is 17.3 Å². The van der Waals surface area contributed by atoms with Gasteiger partial charge in [0.2, 0.25) is 5.91 Å². The molecule has 1 aromatic carbocycles. The Balaban J connectivity index is 1.69. The maximum Gasteiger partial charge on any atom is 0.308 e. The van der Waals surface area contributed by atoms with Crippen molar-refractivity contribution >= 4 is 11.9 Å². The Morgan fingerprint density at radius 2 is 1.96 bits per heavy atom. The average Bonchev–Trinajstić information content (AvgIpc) is 3.23. The Kier molecular flexibility index (Phi) is 5.40. The van der Waals surface area contributed by atoms with Gasteiger partial charge in [0.1, 0.15) is 12.4 Å². The summed E-state index contributed by atoms with van der Waals surface area (Å²) in [5.41, 5.74) is 1.11. The molecule has 0 saturated carbocycles. The molecule has 0 unspecified atom stereocenters. The van der Waals surface area contributed by atoms with E-state index in [1.165, 1.54) is 0 Å². The van der Waals surface area contributed by atoms with Gasteiger partial charge < -0.3 is 14.6 Å². The number of carboxylic acids is 1. The Morgan fingerprint density at radius 1 is 1.23 bits per heavy atom. The fourth-order valence-electron chi connectivity index (χ4n) is 3.68. The van der Waals surface area contributed by atoms with Crippen LogP contribution in [-0.4, -0.2) is 44.5 Å². The third-order valence-electron chi connectivity index (χ3n) is 5.02. The zero-order valence-corrected chi connectivity index (χ0v) is 15.2. The summed E-state index contributed by atoms with van der Waals surface area (Å²) >= 11 is 0. The van der Waals surface area contributed by atoms with E-state index in [1.807, 2.05) is 48.7 Å². The third-order valence-corrected chi connectivity index (χ3v) is 5.02. The largest absolute Gasteiger partial charge is 0.481 e. The van der Waals surface area contributed by atoms with Gasteiger partial charge in [0.15, 0.2) is 0 Å². The van der Waals surface area contributed by atoms with Gasteiger partial charge in [-0.05, 0) is 17.9 Å². The second-order valence-electron chi connectivity index (χ2n) is 7.26. The van der Waals surface area contributed by atoms with Crippen LogP contribution < -0.4 is 0 Å². The van der Waals surface area contributed by atoms with Gasteiger partial charge >= 0.3 is 5.97 Å². The number of hydrogen-bond donors (Lipinski definition) is 1. The highest BCUT2D eigenvalue weighted by atomic mass is 16.4. The van der Waals surface area contributed by atoms with E-state index in [0.29, 0.717) is 13.0 Å². The number of amides is 1. The number of aliphatic carboxylic acids is 1. The van der Waals surface area contributed by atoms with Crippen LogP contribution in [0.25, 0.3) is 0 Å². The summed E-state index contributed by atoms with van der Waals surface area (Å²) in [5, 5.41) is 9.58. The fraction of sp³-hybridized carbons (Fsp3) is 0.450. The van der Waals surface area contributed by atoms with Crippen molar-refractivity contribution in [3.05, 3.63) is 54.1 Å². The van der Waals surface area contributed by atoms with Gasteiger partial charge in [0, 0.05) is 31.4 Å². The molecule has 2 atom stereocenters. The molecule has 0 bridgehead atoms. The van der Waals surface area contributed by atoms with Gasteiger partial charge in [-0.1, -0.05) is 44.2 Å². The Hall–Kier alpha value is -2.63. The monoisotopic (exact) mass is 355 g/mol. The van der Waals surface area contributed by atoms with E-state index in [0.717, 1.165) is 11.4 Å². The molecule has 0 radical (unpaired) electrons. The molecule has 3 rings (SSSR count). The van der Waals surface area contributed by atoms with Crippen molar-refractivity contribution in [2.75, 3.05) is 13.1 Å². The molecule has 0 aliphatic carbocycles. The molecule has 1 saturated heterocycles. The topological polar surface area (TPSA) is 75.4 Å². The number of carbonyl (C=O) groups excluding carboxylic acids is 1. The van der Waals surface area contributed by atoms with Crippen molar-refractivity contribution in [2.24, 2.45) is 11.8 Å². The van der Waals surface area contributed by atoms with Crippen molar-refractivity contribution < 1.29 is 14.7 Å². The number of rotatable bonds is 6. The molecule has 26 heavy (non-hydrogen) atoms. The highest BCUT2D eigenvalue weighted by molar-refractivity contribution is 5.79. The van der Waals surface area contributed by atoms with Gasteiger partial charge in [0.25, 0.3) is 0 Å². The lowest BCUT2D eigenvalue weighted by molar-refractivity contribution is -0.142. The van der Waals surface area contributed by atoms with E-state index in [-0.39, 0.29) is 30.8 Å². The molecule has 1 aliphatic heterocycles. The summed E-state index contributed by atoms with van der Waals surface area (Å²) in [5.74, 6) is -0.363. The molecule has 2 heterocycles. The average molecular weight is 355 g/mol. The van der Waals surface area contributed by atoms with Crippen LogP contribution in [0.1, 0.15) is 31.2 Å². The van der Waals surface area contributed by atoms with Crippen LogP contribution in [0.2, 0.25) is 0 Å². The minimum absolute atomic E-state index is 0.0493. The van der Waals surface area contributed by atoms with Crippen LogP contribution in [0.5, 0.6) is 0 Å². The quantitative estimate of drug-likeness (QED) is 0.863. The molecule has 1 aliphatic rings. The van der Waals surface area contributed by atoms with E-state index < -0.39 is 11.9 Å². The second kappa shape index (κ2) is 7.72. The predicted octanol–water partition coefficient (Wildman–Crippen LogP) is 2.41. The number of carboxylic acid groups (broad SMARTS) is 1. The summed E-state index contributed by atoms with van der Waals surface area (Å²) < 4.78 is 1.85. The molecule has 2 aromatic rings. The second-order valence-corrected chi connectivity index (χ2v) is 7.26. The number of benzene rings is 1. The van der Waals surface area contributed by atoms with Crippen LogP contribution in [0.15, 0.2) is 42.7 Å². The lowest BCUT2D eigenvalue weighted by Gasteiger charge is -2.18. The van der Waals surface area contributed by atoms with E-state index in [2.05, 4.69) is 4.98 Å². The zero-order valence-electron chi connectivity index (χ0n) is 15.2. The van der Waals surface area contributed by atoms with Crippen molar-refractivity contribution in [3.63, 3.8) is 0 Å². The first-order chi connectivity index (χ1) is 12.5. The molecule has 1 aromatic heterocycles. The molecule has 1 fully saturated rings. The molecule has 1 amide bonds. The predicted molar refractivity (Wildman–Crippen MR) is 97.7 cm³/mol. The number of aromatic nitrogens is 2. The Morgan fingerprint density at radius 3 is 2.62 bits per heavy atom. The summed E-state index contributed by atoms with van der Waals surface area (Å²) in [4.78, 5) is 30.4. The molecular formula is C20H25N3O3. The standard InChI is InChI=1S/C20H25N3O3/c1-14(2)19-21-8-9-22(19)13-18(24)23-11-16(17(12-23)20(25)26)10-15-6-4-3-5-7-15/h3-9,14,16-17H,10-13H2,1-2H3,(H,25,26)/t16-,17-/m1/s1. The number of likely N-dealkylation sites (tertiary alicyclic amines) is 1. The highest BCUT2D eigenvalue weighted by Gasteiger charge is 2.39. The van der Waals surface area contributed by atoms with E-state index in [9.17, 15) is 14.7 Å². The maximum atomic E-state index is 12.7. The van der Waals surface area contributed by atoms with E-state index >= 15 is 0 Å². The summed E-state index contributed by atoms with van der Waals surface area (Å²) in [7, 11) is 0. The van der Waals surface area contributed by atoms with E-state index in [4.69, 9.17) is 0 Å². The summed E-state index contributed by atoms with van der Waals surface area (Å²) in [6.45, 7) is 5.04. The minimum atomic E-state index is -0.827. The van der Waals surface area contributed by atoms with Crippen LogP contribution in [-0.2, 0) is 22.6 Å². The van der Waals surface area contributed by atoms with Gasteiger partial charge in [-0.25, -0.2) is 4.98 Å². The van der Waals surface area contributed by atoms with Gasteiger partial charge in [-0.3, -0.25) is 9.59 Å². The first kappa shape index (κ1) is 18.2. The van der Waals surface area contributed by atoms with Crippen LogP contribution in [0, 0.1) is 11.8 Å². The zero-order chi connectivity index (χ0) is 18.7. The number of carbonyl (C=O) groups is 2. The van der Waals surface area contributed by atoms with Crippen molar-refractivity contribution in [3.8, 4) is 0 Å². The molecule has 0 spiro atoms. The summed E-state index contributed by atoms with van der Waals surface area (Å²) in [6, 6.07) is 9.86. The summed E-state index contributed by atoms with van der Waals surface area (Å²) in [6.07, 6.45) is 4.17. The molecule has 1 N–H and O–H groups in total. The van der Waals surface area contributed by atoms with Crippen LogP contribution in [0.3, 0.4) is 0 Å². The number of imidazole rings is 1. The lowest BCUT2D eigenvalue weighted by Crippen LogP contribution is -2.33. The molecule has 6 heteroatoms. The molecule has 138 valence electrons. The van der Waals surface area contributed by atoms with Gasteiger partial charge in [0.05, 0.1) is 5.92 Å². The Bertz CT molecular complexity index is 770. The molecular weight excluding hydrogens is 330 g/mol. The first-order valence-corrected chi connectivity index (χ1v) is 9.01. The van der Waals surface area contributed by atoms with Crippen molar-refractivity contribution in [1.29, 1.82) is 0 Å². The highest BCUT2D eigenvalue weighted by Crippen LogP contribution is 2.27. The van der Waals surface area contributed by atoms with Crippen molar-refractivity contribution in [1.82, 2.24) is 14.5 Å². The molecule has 6 nitrogen and oxygen atoms in total. The van der Waals surface area contributed by atoms with Gasteiger partial charge in [-0.15, -0.1) is 0 Å². The smallest absolute Gasteiger partial charge is 0.308 e. The van der Waals surface area contributed by atoms with Gasteiger partial charge in [-0.2, -0.15) is 0 Å². The Labute approximate surface area is 153 Å². The first-order valence-electron chi connectivity index (χ1n) is 9.01. The SMILES string of the molecule is CC(C)c1nccn1CC(=O)N1C[C@@H](Cc2ccccc2)[C@H](C(=O)O)C1. The maximum absolute atomic E-state index is 12.7. The lowest BCUT2D eigenvalue weighted by atomic mass is 9.90. The third kappa shape index (κ3) is 3.95. The van der Waals surface area contributed by atoms with Crippen molar-refractivity contribution in [2.45, 2.75) is 32.7 Å². The normalized spacial score (nSPS) is 19.9. The number of nitrogens with zero attached hydrogens (tertiary/aromatic N) is 3. The minimum Gasteiger partial charge on any atom is -0.481 e. The fourth-order valence-corrected chi connectivity index (χ4v) is 3.68.